The van der Waals surface area contributed by atoms with Crippen LogP contribution in [0.3, 0.4) is 0 Å². The van der Waals surface area contributed by atoms with Crippen molar-refractivity contribution in [3.63, 3.8) is 0 Å². The highest BCUT2D eigenvalue weighted by atomic mass is 79.9. The predicted molar refractivity (Wildman–Crippen MR) is 53.1 cm³/mol. The van der Waals surface area contributed by atoms with Gasteiger partial charge < -0.3 is 0 Å². The van der Waals surface area contributed by atoms with E-state index in [2.05, 4.69) is 32.4 Å². The minimum absolute atomic E-state index is 1.07. The highest BCUT2D eigenvalue weighted by Crippen LogP contribution is 2.30. The molecule has 0 spiro atoms. The van der Waals surface area contributed by atoms with Gasteiger partial charge in [0.25, 0.3) is 0 Å². The molecule has 0 bridgehead atoms. The van der Waals surface area contributed by atoms with E-state index in [-0.39, 0.29) is 0 Å². The lowest BCUT2D eigenvalue weighted by Crippen LogP contribution is -1.65. The van der Waals surface area contributed by atoms with Gasteiger partial charge in [-0.1, -0.05) is 0 Å². The zero-order valence-electron chi connectivity index (χ0n) is 5.45. The van der Waals surface area contributed by atoms with Crippen molar-refractivity contribution in [2.45, 2.75) is 0 Å². The van der Waals surface area contributed by atoms with E-state index in [9.17, 15) is 0 Å². The highest BCUT2D eigenvalue weighted by molar-refractivity contribution is 9.11. The topological polar surface area (TPSA) is 12.9 Å². The van der Waals surface area contributed by atoms with E-state index < -0.39 is 0 Å². The van der Waals surface area contributed by atoms with E-state index in [4.69, 9.17) is 0 Å². The van der Waals surface area contributed by atoms with Crippen molar-refractivity contribution >= 4 is 38.6 Å². The maximum atomic E-state index is 4.21. The summed E-state index contributed by atoms with van der Waals surface area (Å²) in [6.07, 6.45) is 0. The van der Waals surface area contributed by atoms with Crippen molar-refractivity contribution in [2.75, 3.05) is 0 Å². The zero-order valence-corrected chi connectivity index (χ0v) is 8.67. The number of hydrogen-bond donors (Lipinski definition) is 0. The molecule has 1 nitrogen and oxygen atoms in total. The van der Waals surface area contributed by atoms with Gasteiger partial charge in [0.15, 0.2) is 0 Å². The Morgan fingerprint density at radius 2 is 2.27 bits per heavy atom. The number of rotatable bonds is 1. The molecule has 0 aromatic carbocycles. The molecule has 0 saturated heterocycles. The standard InChI is InChI=1S/C7H4BrNS2/c8-7-2-1-6(11-7)5-3-10-4-9-5/h1-4H. The highest BCUT2D eigenvalue weighted by Gasteiger charge is 2.01. The van der Waals surface area contributed by atoms with Crippen LogP contribution >= 0.6 is 38.6 Å². The second-order valence-corrected chi connectivity index (χ2v) is 5.16. The summed E-state index contributed by atoms with van der Waals surface area (Å²) in [5.74, 6) is 0. The third kappa shape index (κ3) is 1.52. The first-order chi connectivity index (χ1) is 5.36. The van der Waals surface area contributed by atoms with Gasteiger partial charge in [0.2, 0.25) is 0 Å². The molecule has 0 fully saturated rings. The smallest absolute Gasteiger partial charge is 0.0911 e. The molecular weight excluding hydrogens is 242 g/mol. The summed E-state index contributed by atoms with van der Waals surface area (Å²) in [5.41, 5.74) is 2.92. The van der Waals surface area contributed by atoms with Gasteiger partial charge in [-0.05, 0) is 28.1 Å². The molecule has 0 N–H and O–H groups in total. The van der Waals surface area contributed by atoms with Crippen LogP contribution in [0.25, 0.3) is 10.6 Å². The van der Waals surface area contributed by atoms with Crippen LogP contribution < -0.4 is 0 Å². The molecule has 0 unspecified atom stereocenters. The first-order valence-corrected chi connectivity index (χ1v) is 5.55. The van der Waals surface area contributed by atoms with Gasteiger partial charge in [0.1, 0.15) is 0 Å². The number of aromatic nitrogens is 1. The number of thiazole rings is 1. The molecule has 0 aliphatic heterocycles. The maximum absolute atomic E-state index is 4.21. The van der Waals surface area contributed by atoms with E-state index in [1.54, 1.807) is 22.7 Å². The fourth-order valence-corrected chi connectivity index (χ4v) is 2.77. The molecule has 2 heterocycles. The Morgan fingerprint density at radius 1 is 1.36 bits per heavy atom. The lowest BCUT2D eigenvalue weighted by Gasteiger charge is -1.84. The number of thiophene rings is 1. The van der Waals surface area contributed by atoms with E-state index in [0.717, 1.165) is 9.48 Å². The Kier molecular flexibility index (Phi) is 2.07. The van der Waals surface area contributed by atoms with Crippen molar-refractivity contribution in [3.05, 3.63) is 26.8 Å². The summed E-state index contributed by atoms with van der Waals surface area (Å²) < 4.78 is 1.15. The van der Waals surface area contributed by atoms with Crippen molar-refractivity contribution in [3.8, 4) is 10.6 Å². The van der Waals surface area contributed by atoms with Crippen LogP contribution in [-0.2, 0) is 0 Å². The lowest BCUT2D eigenvalue weighted by atomic mass is 10.4. The predicted octanol–water partition coefficient (Wildman–Crippen LogP) is 3.63. The van der Waals surface area contributed by atoms with Gasteiger partial charge in [-0.3, -0.25) is 0 Å². The van der Waals surface area contributed by atoms with Gasteiger partial charge in [-0.25, -0.2) is 4.98 Å². The molecule has 0 amide bonds. The lowest BCUT2D eigenvalue weighted by molar-refractivity contribution is 1.43. The molecule has 0 atom stereocenters. The van der Waals surface area contributed by atoms with E-state index >= 15 is 0 Å². The first-order valence-electron chi connectivity index (χ1n) is 3.00. The summed E-state index contributed by atoms with van der Waals surface area (Å²) in [7, 11) is 0. The number of nitrogens with zero attached hydrogens (tertiary/aromatic N) is 1. The Balaban J connectivity index is 2.45. The average molecular weight is 246 g/mol. The Morgan fingerprint density at radius 3 is 2.82 bits per heavy atom. The minimum atomic E-state index is 1.07. The fourth-order valence-electron chi connectivity index (χ4n) is 0.786. The van der Waals surface area contributed by atoms with Crippen LogP contribution in [0.2, 0.25) is 0 Å². The summed E-state index contributed by atoms with van der Waals surface area (Å²) >= 11 is 6.74. The van der Waals surface area contributed by atoms with Gasteiger partial charge in [-0.15, -0.1) is 22.7 Å². The van der Waals surface area contributed by atoms with E-state index in [0.29, 0.717) is 0 Å². The average Bonchev–Trinajstić information content (AvgIpc) is 2.55. The van der Waals surface area contributed by atoms with Crippen molar-refractivity contribution in [2.24, 2.45) is 0 Å². The van der Waals surface area contributed by atoms with Gasteiger partial charge in [0, 0.05) is 5.38 Å². The molecule has 56 valence electrons. The van der Waals surface area contributed by atoms with Crippen LogP contribution in [0, 0.1) is 0 Å². The molecule has 2 aromatic heterocycles. The normalized spacial score (nSPS) is 10.3. The molecule has 4 heteroatoms. The number of halogens is 1. The van der Waals surface area contributed by atoms with Gasteiger partial charge in [0.05, 0.1) is 19.9 Å². The summed E-state index contributed by atoms with van der Waals surface area (Å²) in [4.78, 5) is 5.43. The van der Waals surface area contributed by atoms with Crippen LogP contribution in [0.4, 0.5) is 0 Å². The Labute approximate surface area is 80.9 Å². The molecule has 2 aromatic rings. The minimum Gasteiger partial charge on any atom is -0.244 e. The first kappa shape index (κ1) is 7.46. The van der Waals surface area contributed by atoms with E-state index in [1.807, 2.05) is 11.6 Å². The molecule has 11 heavy (non-hydrogen) atoms. The van der Waals surface area contributed by atoms with Crippen LogP contribution in [0.15, 0.2) is 26.8 Å². The van der Waals surface area contributed by atoms with E-state index in [1.165, 1.54) is 4.88 Å². The van der Waals surface area contributed by atoms with Crippen LogP contribution in [-0.4, -0.2) is 4.98 Å². The molecule has 0 aliphatic carbocycles. The van der Waals surface area contributed by atoms with Crippen molar-refractivity contribution in [1.29, 1.82) is 0 Å². The van der Waals surface area contributed by atoms with Crippen LogP contribution in [0.1, 0.15) is 0 Å². The third-order valence-electron chi connectivity index (χ3n) is 1.26. The number of hydrogen-bond acceptors (Lipinski definition) is 3. The zero-order chi connectivity index (χ0) is 7.68. The molecular formula is C7H4BrNS2. The van der Waals surface area contributed by atoms with Gasteiger partial charge >= 0.3 is 0 Å². The quantitative estimate of drug-likeness (QED) is 0.748. The molecule has 0 radical (unpaired) electrons. The Hall–Kier alpha value is -0.190. The second kappa shape index (κ2) is 3.05. The molecule has 0 saturated carbocycles. The summed E-state index contributed by atoms with van der Waals surface area (Å²) in [6.45, 7) is 0. The van der Waals surface area contributed by atoms with Crippen LogP contribution in [0.5, 0.6) is 0 Å². The van der Waals surface area contributed by atoms with Crippen molar-refractivity contribution < 1.29 is 0 Å². The SMILES string of the molecule is Brc1ccc(-c2cscn2)s1. The second-order valence-electron chi connectivity index (χ2n) is 1.98. The van der Waals surface area contributed by atoms with Gasteiger partial charge in [-0.2, -0.15) is 0 Å². The Bertz CT molecular complexity index is 339. The monoisotopic (exact) mass is 245 g/mol. The fraction of sp³-hybridized carbons (Fsp3) is 0. The summed E-state index contributed by atoms with van der Waals surface area (Å²) in [6, 6.07) is 4.11. The largest absolute Gasteiger partial charge is 0.244 e. The van der Waals surface area contributed by atoms with Crippen molar-refractivity contribution in [1.82, 2.24) is 4.98 Å². The summed E-state index contributed by atoms with van der Waals surface area (Å²) in [5, 5.41) is 2.05. The molecule has 2 rings (SSSR count). The molecule has 0 aliphatic rings. The third-order valence-corrected chi connectivity index (χ3v) is 3.49. The maximum Gasteiger partial charge on any atom is 0.0911 e.